The fraction of sp³-hybridized carbons (Fsp3) is 0.696. The van der Waals surface area contributed by atoms with Gasteiger partial charge in [-0.15, -0.1) is 0 Å². The van der Waals surface area contributed by atoms with Gasteiger partial charge in [-0.05, 0) is 108 Å². The second-order valence-electron chi connectivity index (χ2n) is 16.6. The van der Waals surface area contributed by atoms with Crippen molar-refractivity contribution < 1.29 is 43.5 Å². The molecular weight excluding hydrogens is 855 g/mol. The van der Waals surface area contributed by atoms with E-state index in [0.29, 0.717) is 69.4 Å². The molecule has 0 aliphatic carbocycles. The number of ketones is 1. The Morgan fingerprint density at radius 3 is 1.60 bits per heavy atom. The lowest BCUT2D eigenvalue weighted by Gasteiger charge is -2.26. The highest BCUT2D eigenvalue weighted by atomic mass is 32.2. The van der Waals surface area contributed by atoms with Gasteiger partial charge in [-0.25, -0.2) is 0 Å². The molecule has 18 nitrogen and oxygen atoms in total. The summed E-state index contributed by atoms with van der Waals surface area (Å²) in [6, 6.07) is 0.343. The van der Waals surface area contributed by atoms with Crippen LogP contribution >= 0.6 is 11.8 Å². The van der Waals surface area contributed by atoms with E-state index in [0.717, 1.165) is 19.3 Å². The number of Topliss-reactive ketones (excluding diaryl/α,β-unsaturated/α-hetero) is 1. The van der Waals surface area contributed by atoms with Crippen LogP contribution < -0.4 is 49.1 Å². The predicted molar refractivity (Wildman–Crippen MR) is 254 cm³/mol. The summed E-state index contributed by atoms with van der Waals surface area (Å²) in [5.74, 6) is -4.29. The van der Waals surface area contributed by atoms with Gasteiger partial charge in [-0.1, -0.05) is 70.4 Å². The van der Waals surface area contributed by atoms with Crippen molar-refractivity contribution in [3.8, 4) is 5.75 Å². The first-order valence-electron chi connectivity index (χ1n) is 23.4. The Morgan fingerprint density at radius 1 is 0.569 bits per heavy atom. The van der Waals surface area contributed by atoms with Crippen molar-refractivity contribution in [2.75, 3.05) is 31.6 Å². The molecule has 0 spiro atoms. The molecule has 0 aliphatic rings. The lowest BCUT2D eigenvalue weighted by Crippen LogP contribution is -2.58. The largest absolute Gasteiger partial charge is 0.508 e. The van der Waals surface area contributed by atoms with Crippen LogP contribution in [0, 0.1) is 0 Å². The molecule has 65 heavy (non-hydrogen) atoms. The number of phenols is 1. The SMILES string of the molecule is CCCCCCCCCCCC(=O)N[C@@H](CCSC)C(=O)NCC(=O)N[C@@H](Cc1ccc(O)cc1)C(=O)N[C@@H](CCC(N)=O)C(=O)N[C@@H](CCCCN)C(=O)N[C@@H](CCCCN)C(C)=O. The predicted octanol–water partition coefficient (Wildman–Crippen LogP) is 2.26. The maximum atomic E-state index is 14.0. The molecule has 1 rings (SSSR count). The Balaban J connectivity index is 3.15. The van der Waals surface area contributed by atoms with E-state index in [1.165, 1.54) is 62.9 Å². The molecule has 0 saturated carbocycles. The van der Waals surface area contributed by atoms with E-state index in [9.17, 15) is 43.5 Å². The number of carbonyl (C=O) groups excluding carboxylic acids is 8. The summed E-state index contributed by atoms with van der Waals surface area (Å²) in [6.07, 6.45) is 14.5. The summed E-state index contributed by atoms with van der Waals surface area (Å²) < 4.78 is 0. The average Bonchev–Trinajstić information content (AvgIpc) is 3.27. The second-order valence-corrected chi connectivity index (χ2v) is 17.5. The van der Waals surface area contributed by atoms with Gasteiger partial charge < -0.3 is 54.2 Å². The fourth-order valence-corrected chi connectivity index (χ4v) is 7.46. The van der Waals surface area contributed by atoms with Crippen molar-refractivity contribution in [3.05, 3.63) is 29.8 Å². The van der Waals surface area contributed by atoms with Gasteiger partial charge in [-0.2, -0.15) is 11.8 Å². The molecule has 5 atom stereocenters. The number of rotatable bonds is 38. The molecule has 0 saturated heterocycles. The van der Waals surface area contributed by atoms with Crippen molar-refractivity contribution >= 4 is 58.9 Å². The number of unbranched alkanes of at least 4 members (excludes halogenated alkanes) is 10. The normalized spacial score (nSPS) is 13.3. The van der Waals surface area contributed by atoms with Gasteiger partial charge >= 0.3 is 0 Å². The van der Waals surface area contributed by atoms with Crippen LogP contribution in [0.1, 0.15) is 141 Å². The number of nitrogens with two attached hydrogens (primary N) is 3. The maximum absolute atomic E-state index is 14.0. The zero-order valence-electron chi connectivity index (χ0n) is 39.0. The smallest absolute Gasteiger partial charge is 0.243 e. The van der Waals surface area contributed by atoms with E-state index in [1.807, 2.05) is 6.26 Å². The topological polar surface area (TPSA) is 307 Å². The molecule has 13 N–H and O–H groups in total. The molecule has 0 heterocycles. The van der Waals surface area contributed by atoms with Crippen LogP contribution in [0.2, 0.25) is 0 Å². The third-order valence-corrected chi connectivity index (χ3v) is 11.5. The van der Waals surface area contributed by atoms with Crippen molar-refractivity contribution in [1.82, 2.24) is 31.9 Å². The Labute approximate surface area is 390 Å². The molecule has 0 unspecified atom stereocenters. The van der Waals surface area contributed by atoms with Crippen LogP contribution in [-0.2, 0) is 44.8 Å². The minimum Gasteiger partial charge on any atom is -0.508 e. The van der Waals surface area contributed by atoms with Gasteiger partial charge in [0, 0.05) is 19.3 Å². The summed E-state index contributed by atoms with van der Waals surface area (Å²) in [5.41, 5.74) is 17.2. The van der Waals surface area contributed by atoms with E-state index in [4.69, 9.17) is 17.2 Å². The van der Waals surface area contributed by atoms with Gasteiger partial charge in [0.25, 0.3) is 0 Å². The highest BCUT2D eigenvalue weighted by molar-refractivity contribution is 7.98. The highest BCUT2D eigenvalue weighted by Crippen LogP contribution is 2.14. The van der Waals surface area contributed by atoms with Gasteiger partial charge in [0.15, 0.2) is 5.78 Å². The Bertz CT molecular complexity index is 1600. The monoisotopic (exact) mass is 934 g/mol. The van der Waals surface area contributed by atoms with E-state index in [2.05, 4.69) is 38.8 Å². The first-order valence-corrected chi connectivity index (χ1v) is 24.8. The molecule has 1 aromatic rings. The number of hydrogen-bond donors (Lipinski definition) is 10. The number of aromatic hydroxyl groups is 1. The summed E-state index contributed by atoms with van der Waals surface area (Å²) in [7, 11) is 0. The number of carbonyl (C=O) groups is 8. The van der Waals surface area contributed by atoms with Crippen LogP contribution in [0.4, 0.5) is 0 Å². The Morgan fingerprint density at radius 2 is 1.06 bits per heavy atom. The first-order chi connectivity index (χ1) is 31.1. The molecular formula is C46H79N9O9S. The van der Waals surface area contributed by atoms with Gasteiger partial charge in [0.05, 0.1) is 12.6 Å². The zero-order chi connectivity index (χ0) is 48.4. The summed E-state index contributed by atoms with van der Waals surface area (Å²) >= 11 is 1.51. The summed E-state index contributed by atoms with van der Waals surface area (Å²) in [4.78, 5) is 105. The molecule has 0 bridgehead atoms. The Hall–Kier alpha value is -4.75. The van der Waals surface area contributed by atoms with E-state index in [-0.39, 0.29) is 49.5 Å². The molecule has 0 fully saturated rings. The van der Waals surface area contributed by atoms with E-state index >= 15 is 0 Å². The number of primary amides is 1. The van der Waals surface area contributed by atoms with Gasteiger partial charge in [0.1, 0.15) is 29.9 Å². The maximum Gasteiger partial charge on any atom is 0.243 e. The first kappa shape index (κ1) is 58.3. The fourth-order valence-electron chi connectivity index (χ4n) is 6.98. The quantitative estimate of drug-likeness (QED) is 0.0427. The average molecular weight is 934 g/mol. The van der Waals surface area contributed by atoms with E-state index < -0.39 is 72.2 Å². The molecule has 19 heteroatoms. The van der Waals surface area contributed by atoms with Crippen molar-refractivity contribution in [2.45, 2.75) is 172 Å². The lowest BCUT2D eigenvalue weighted by atomic mass is 10.0. The van der Waals surface area contributed by atoms with Crippen LogP contribution in [0.3, 0.4) is 0 Å². The van der Waals surface area contributed by atoms with Gasteiger partial charge in [0.2, 0.25) is 41.4 Å². The second kappa shape index (κ2) is 35.5. The lowest BCUT2D eigenvalue weighted by molar-refractivity contribution is -0.135. The third kappa shape index (κ3) is 27.4. The summed E-state index contributed by atoms with van der Waals surface area (Å²) in [5, 5.41) is 25.8. The molecule has 7 amide bonds. The summed E-state index contributed by atoms with van der Waals surface area (Å²) in [6.45, 7) is 3.76. The van der Waals surface area contributed by atoms with E-state index in [1.54, 1.807) is 12.1 Å². The molecule has 1 aromatic carbocycles. The third-order valence-electron chi connectivity index (χ3n) is 10.9. The number of benzene rings is 1. The molecule has 0 aliphatic heterocycles. The molecule has 0 radical (unpaired) electrons. The molecule has 0 aromatic heterocycles. The zero-order valence-corrected chi connectivity index (χ0v) is 39.8. The van der Waals surface area contributed by atoms with Gasteiger partial charge in [-0.3, -0.25) is 38.4 Å². The number of hydrogen-bond acceptors (Lipinski definition) is 12. The standard InChI is InChI=1S/C46H79N9O9S/c1-4-5-6-7-8-9-10-11-12-19-41(59)51-38(26-29-65-3)43(61)50-31-42(60)52-39(30-33-20-22-34(57)23-21-33)46(64)55-37(24-25-40(49)58)45(63)54-36(18-14-16-28-48)44(62)53-35(32(2)56)17-13-15-27-47/h20-23,35-39,57H,4-19,24-31,47-48H2,1-3H3,(H2,49,58)(H,50,61)(H,51,59)(H,52,60)(H,53,62)(H,54,63)(H,55,64)/t35-,36-,37-,38-,39-/m0/s1. The number of phenolic OH excluding ortho intramolecular Hbond substituents is 1. The van der Waals surface area contributed by atoms with Crippen molar-refractivity contribution in [3.63, 3.8) is 0 Å². The van der Waals surface area contributed by atoms with Crippen molar-refractivity contribution in [1.29, 1.82) is 0 Å². The number of amides is 7. The minimum atomic E-state index is -1.40. The van der Waals surface area contributed by atoms with Crippen molar-refractivity contribution in [2.24, 2.45) is 17.2 Å². The number of nitrogens with one attached hydrogen (secondary N) is 6. The van der Waals surface area contributed by atoms with Crippen LogP contribution in [0.15, 0.2) is 24.3 Å². The minimum absolute atomic E-state index is 0.0313. The van der Waals surface area contributed by atoms with Crippen LogP contribution in [0.5, 0.6) is 5.75 Å². The Kier molecular flexibility index (Phi) is 31.8. The molecule has 368 valence electrons. The highest BCUT2D eigenvalue weighted by Gasteiger charge is 2.31. The van der Waals surface area contributed by atoms with Crippen LogP contribution in [0.25, 0.3) is 0 Å². The number of thioether (sulfide) groups is 1. The van der Waals surface area contributed by atoms with Crippen LogP contribution in [-0.4, -0.2) is 114 Å².